The number of hydrogen-bond acceptors (Lipinski definition) is 1. The van der Waals surface area contributed by atoms with Gasteiger partial charge in [0, 0.05) is 5.75 Å². The fraction of sp³-hybridized carbons (Fsp3) is 0.250. The normalized spacial score (nSPS) is 17.2. The molecule has 0 saturated carbocycles. The van der Waals surface area contributed by atoms with Crippen molar-refractivity contribution in [3.63, 3.8) is 0 Å². The van der Waals surface area contributed by atoms with Crippen LogP contribution in [0.15, 0.2) is 36.0 Å². The second-order valence-corrected chi connectivity index (χ2v) is 2.28. The van der Waals surface area contributed by atoms with Gasteiger partial charge in [0.2, 0.25) is 0 Å². The molecule has 9 heavy (non-hydrogen) atoms. The van der Waals surface area contributed by atoms with E-state index in [0.717, 1.165) is 12.2 Å². The lowest BCUT2D eigenvalue weighted by atomic mass is 10.2. The number of rotatable bonds is 1. The van der Waals surface area contributed by atoms with Gasteiger partial charge in [0.15, 0.2) is 0 Å². The average Bonchev–Trinajstić information content (AvgIpc) is 2.13. The van der Waals surface area contributed by atoms with E-state index in [4.69, 9.17) is 0 Å². The van der Waals surface area contributed by atoms with E-state index in [9.17, 15) is 0 Å². The molecule has 0 N–H and O–H groups in total. The van der Waals surface area contributed by atoms with Crippen LogP contribution in [0.3, 0.4) is 0 Å². The molecule has 0 unspecified atom stereocenters. The minimum absolute atomic E-state index is 0.845. The highest BCUT2D eigenvalue weighted by molar-refractivity contribution is 7.80. The molecule has 0 aromatic carbocycles. The third-order valence-electron chi connectivity index (χ3n) is 1.26. The maximum atomic E-state index is 4.16. The summed E-state index contributed by atoms with van der Waals surface area (Å²) in [5, 5.41) is 0. The van der Waals surface area contributed by atoms with Crippen molar-refractivity contribution < 1.29 is 0 Å². The van der Waals surface area contributed by atoms with Crippen molar-refractivity contribution in [1.29, 1.82) is 0 Å². The van der Waals surface area contributed by atoms with Crippen molar-refractivity contribution >= 4 is 12.6 Å². The second-order valence-electron chi connectivity index (χ2n) is 1.96. The van der Waals surface area contributed by atoms with Crippen molar-refractivity contribution in [2.75, 3.05) is 5.75 Å². The molecule has 1 aliphatic rings. The molecule has 0 radical (unpaired) electrons. The summed E-state index contributed by atoms with van der Waals surface area (Å²) >= 11 is 4.16. The molecule has 0 saturated heterocycles. The fourth-order valence-corrected chi connectivity index (χ4v) is 0.976. The van der Waals surface area contributed by atoms with Crippen LogP contribution in [0.1, 0.15) is 6.42 Å². The highest BCUT2D eigenvalue weighted by Gasteiger charge is 1.87. The molecular weight excluding hydrogens is 128 g/mol. The number of hydrogen-bond donors (Lipinski definition) is 1. The molecule has 0 atom stereocenters. The van der Waals surface area contributed by atoms with Crippen LogP contribution in [0.2, 0.25) is 0 Å². The second kappa shape index (κ2) is 3.57. The van der Waals surface area contributed by atoms with Gasteiger partial charge in [0.05, 0.1) is 0 Å². The van der Waals surface area contributed by atoms with Crippen LogP contribution >= 0.6 is 12.6 Å². The topological polar surface area (TPSA) is 0 Å². The van der Waals surface area contributed by atoms with Crippen molar-refractivity contribution in [2.24, 2.45) is 0 Å². The lowest BCUT2D eigenvalue weighted by molar-refractivity contribution is 1.36. The van der Waals surface area contributed by atoms with Crippen LogP contribution in [0.5, 0.6) is 0 Å². The van der Waals surface area contributed by atoms with Crippen LogP contribution in [0.4, 0.5) is 0 Å². The van der Waals surface area contributed by atoms with E-state index < -0.39 is 0 Å². The maximum Gasteiger partial charge on any atom is 0.0151 e. The van der Waals surface area contributed by atoms with Gasteiger partial charge in [-0.1, -0.05) is 30.4 Å². The van der Waals surface area contributed by atoms with Gasteiger partial charge in [0.1, 0.15) is 0 Å². The first-order valence-corrected chi connectivity index (χ1v) is 3.70. The molecule has 48 valence electrons. The molecule has 0 amide bonds. The Kier molecular flexibility index (Phi) is 2.65. The van der Waals surface area contributed by atoms with Gasteiger partial charge in [-0.15, -0.1) is 0 Å². The van der Waals surface area contributed by atoms with Gasteiger partial charge in [-0.2, -0.15) is 12.6 Å². The van der Waals surface area contributed by atoms with E-state index in [1.807, 2.05) is 0 Å². The van der Waals surface area contributed by atoms with Gasteiger partial charge < -0.3 is 0 Å². The number of allylic oxidation sites excluding steroid dienone is 5. The van der Waals surface area contributed by atoms with E-state index in [2.05, 4.69) is 43.0 Å². The Balaban J connectivity index is 2.63. The minimum Gasteiger partial charge on any atom is -0.175 e. The molecule has 1 rings (SSSR count). The zero-order chi connectivity index (χ0) is 6.53. The predicted molar refractivity (Wildman–Crippen MR) is 44.8 cm³/mol. The summed E-state index contributed by atoms with van der Waals surface area (Å²) in [6.07, 6.45) is 11.6. The molecule has 0 heterocycles. The Labute approximate surface area is 61.4 Å². The summed E-state index contributed by atoms with van der Waals surface area (Å²) in [5.74, 6) is 0.845. The summed E-state index contributed by atoms with van der Waals surface area (Å²) in [6.45, 7) is 0. The molecule has 0 aliphatic heterocycles. The lowest BCUT2D eigenvalue weighted by Crippen LogP contribution is -1.76. The van der Waals surface area contributed by atoms with Crippen molar-refractivity contribution in [3.8, 4) is 0 Å². The first-order valence-electron chi connectivity index (χ1n) is 3.06. The molecule has 0 aromatic rings. The summed E-state index contributed by atoms with van der Waals surface area (Å²) < 4.78 is 0. The monoisotopic (exact) mass is 138 g/mol. The average molecular weight is 138 g/mol. The molecule has 1 aliphatic carbocycles. The van der Waals surface area contributed by atoms with Gasteiger partial charge in [-0.3, -0.25) is 0 Å². The first kappa shape index (κ1) is 6.69. The summed E-state index contributed by atoms with van der Waals surface area (Å²) in [6, 6.07) is 0. The molecule has 0 fully saturated rings. The van der Waals surface area contributed by atoms with Crippen molar-refractivity contribution in [3.05, 3.63) is 36.0 Å². The zero-order valence-electron chi connectivity index (χ0n) is 5.25. The van der Waals surface area contributed by atoms with E-state index in [0.29, 0.717) is 0 Å². The van der Waals surface area contributed by atoms with Gasteiger partial charge in [-0.05, 0) is 12.0 Å². The van der Waals surface area contributed by atoms with Gasteiger partial charge in [-0.25, -0.2) is 0 Å². The number of thiol groups is 1. The largest absolute Gasteiger partial charge is 0.175 e. The molecule has 0 bridgehead atoms. The van der Waals surface area contributed by atoms with E-state index in [1.165, 1.54) is 5.57 Å². The molecule has 1 heteroatoms. The molecular formula is C8H10S. The summed E-state index contributed by atoms with van der Waals surface area (Å²) in [5.41, 5.74) is 1.31. The van der Waals surface area contributed by atoms with Crippen molar-refractivity contribution in [2.45, 2.75) is 6.42 Å². The Morgan fingerprint density at radius 2 is 2.33 bits per heavy atom. The smallest absolute Gasteiger partial charge is 0.0151 e. The lowest BCUT2D eigenvalue weighted by Gasteiger charge is -1.90. The van der Waals surface area contributed by atoms with E-state index >= 15 is 0 Å². The van der Waals surface area contributed by atoms with Gasteiger partial charge in [0.25, 0.3) is 0 Å². The van der Waals surface area contributed by atoms with Crippen LogP contribution in [0.25, 0.3) is 0 Å². The Morgan fingerprint density at radius 1 is 1.44 bits per heavy atom. The molecule has 0 nitrogen and oxygen atoms in total. The minimum atomic E-state index is 0.845. The third-order valence-corrected chi connectivity index (χ3v) is 1.62. The Hall–Kier alpha value is -0.430. The van der Waals surface area contributed by atoms with Crippen LogP contribution in [-0.2, 0) is 0 Å². The summed E-state index contributed by atoms with van der Waals surface area (Å²) in [4.78, 5) is 0. The quantitative estimate of drug-likeness (QED) is 0.528. The predicted octanol–water partition coefficient (Wildman–Crippen LogP) is 2.36. The Bertz CT molecular complexity index is 163. The fourth-order valence-electron chi connectivity index (χ4n) is 0.741. The maximum absolute atomic E-state index is 4.16. The molecule has 0 aromatic heterocycles. The van der Waals surface area contributed by atoms with Crippen LogP contribution in [0, 0.1) is 0 Å². The SMILES string of the molecule is SCC1=CCC=CC=C1. The highest BCUT2D eigenvalue weighted by Crippen LogP contribution is 2.05. The third kappa shape index (κ3) is 2.10. The van der Waals surface area contributed by atoms with Gasteiger partial charge >= 0.3 is 0 Å². The van der Waals surface area contributed by atoms with E-state index in [-0.39, 0.29) is 0 Å². The molecule has 0 spiro atoms. The Morgan fingerprint density at radius 3 is 3.11 bits per heavy atom. The van der Waals surface area contributed by atoms with Crippen molar-refractivity contribution in [1.82, 2.24) is 0 Å². The zero-order valence-corrected chi connectivity index (χ0v) is 6.14. The van der Waals surface area contributed by atoms with Crippen LogP contribution in [-0.4, -0.2) is 5.75 Å². The summed E-state index contributed by atoms with van der Waals surface area (Å²) in [7, 11) is 0. The first-order chi connectivity index (χ1) is 4.43. The van der Waals surface area contributed by atoms with E-state index in [1.54, 1.807) is 0 Å². The van der Waals surface area contributed by atoms with Crippen LogP contribution < -0.4 is 0 Å². The standard InChI is InChI=1S/C8H10S/c9-7-8-5-3-1-2-4-6-8/h1-3,5-6,9H,4,7H2. The highest BCUT2D eigenvalue weighted by atomic mass is 32.1.